The topological polar surface area (TPSA) is 3.24 Å². The number of anilines is 1. The van der Waals surface area contributed by atoms with Crippen LogP contribution in [0.3, 0.4) is 0 Å². The van der Waals surface area contributed by atoms with Gasteiger partial charge in [0.2, 0.25) is 0 Å². The maximum absolute atomic E-state index is 6.03. The van der Waals surface area contributed by atoms with E-state index < -0.39 is 0 Å². The number of nitrogens with zero attached hydrogens (tertiary/aromatic N) is 1. The first kappa shape index (κ1) is 14.4. The maximum Gasteiger partial charge on any atom is 0.0410 e. The Bertz CT molecular complexity index is 528. The van der Waals surface area contributed by atoms with Gasteiger partial charge in [0, 0.05) is 29.6 Å². The number of likely N-dealkylation sites (N-methyl/N-ethyl adjacent to an activating group) is 1. The zero-order valence-electron chi connectivity index (χ0n) is 10.9. The maximum atomic E-state index is 6.03. The third kappa shape index (κ3) is 3.99. The summed E-state index contributed by atoms with van der Waals surface area (Å²) in [6, 6.07) is 16.6. The molecule has 0 radical (unpaired) electrons. The summed E-state index contributed by atoms with van der Waals surface area (Å²) in [5.41, 5.74) is 3.82. The molecule has 3 heteroatoms. The highest BCUT2D eigenvalue weighted by Crippen LogP contribution is 2.25. The second-order valence-electron chi connectivity index (χ2n) is 4.56. The highest BCUT2D eigenvalue weighted by molar-refractivity contribution is 9.08. The van der Waals surface area contributed by atoms with Gasteiger partial charge in [-0.05, 0) is 35.7 Å². The first-order valence-electron chi connectivity index (χ1n) is 6.30. The predicted octanol–water partition coefficient (Wildman–Crippen LogP) is 4.91. The van der Waals surface area contributed by atoms with Crippen molar-refractivity contribution in [2.75, 3.05) is 18.5 Å². The van der Waals surface area contributed by atoms with Crippen molar-refractivity contribution in [1.29, 1.82) is 0 Å². The summed E-state index contributed by atoms with van der Waals surface area (Å²) in [7, 11) is 2.12. The van der Waals surface area contributed by atoms with Gasteiger partial charge in [0.05, 0.1) is 0 Å². The first-order valence-corrected chi connectivity index (χ1v) is 7.80. The third-order valence-corrected chi connectivity index (χ3v) is 4.01. The van der Waals surface area contributed by atoms with Crippen LogP contribution in [-0.2, 0) is 11.8 Å². The molecule has 0 saturated carbocycles. The van der Waals surface area contributed by atoms with E-state index in [4.69, 9.17) is 11.6 Å². The Morgan fingerprint density at radius 2 is 1.84 bits per heavy atom. The highest BCUT2D eigenvalue weighted by atomic mass is 79.9. The lowest BCUT2D eigenvalue weighted by Gasteiger charge is -2.22. The van der Waals surface area contributed by atoms with E-state index in [-0.39, 0.29) is 0 Å². The molecule has 0 spiro atoms. The molecule has 1 nitrogen and oxygen atoms in total. The second kappa shape index (κ2) is 6.97. The fourth-order valence-electron chi connectivity index (χ4n) is 2.10. The van der Waals surface area contributed by atoms with Crippen molar-refractivity contribution in [2.24, 2.45) is 0 Å². The molecule has 0 amide bonds. The highest BCUT2D eigenvalue weighted by Gasteiger charge is 2.07. The predicted molar refractivity (Wildman–Crippen MR) is 87.5 cm³/mol. The molecule has 2 rings (SSSR count). The van der Waals surface area contributed by atoms with Gasteiger partial charge in [-0.3, -0.25) is 0 Å². The monoisotopic (exact) mass is 337 g/mol. The average molecular weight is 339 g/mol. The van der Waals surface area contributed by atoms with Crippen LogP contribution in [0.5, 0.6) is 0 Å². The van der Waals surface area contributed by atoms with Crippen LogP contribution in [0.15, 0.2) is 48.5 Å². The van der Waals surface area contributed by atoms with Gasteiger partial charge in [-0.1, -0.05) is 57.9 Å². The Morgan fingerprint density at radius 3 is 2.53 bits per heavy atom. The van der Waals surface area contributed by atoms with Gasteiger partial charge in [0.25, 0.3) is 0 Å². The number of rotatable bonds is 5. The standard InChI is InChI=1S/C16H17BrClN/c1-19(10-9-13-5-3-2-4-6-13)16-8-7-15(18)11-14(16)12-17/h2-8,11H,9-10,12H2,1H3. The number of hydrogen-bond acceptors (Lipinski definition) is 1. The van der Waals surface area contributed by atoms with Gasteiger partial charge >= 0.3 is 0 Å². The van der Waals surface area contributed by atoms with E-state index in [9.17, 15) is 0 Å². The van der Waals surface area contributed by atoms with Crippen molar-refractivity contribution in [2.45, 2.75) is 11.8 Å². The summed E-state index contributed by atoms with van der Waals surface area (Å²) in [4.78, 5) is 2.28. The van der Waals surface area contributed by atoms with E-state index in [0.29, 0.717) is 0 Å². The van der Waals surface area contributed by atoms with Crippen molar-refractivity contribution >= 4 is 33.2 Å². The molecule has 0 heterocycles. The molecule has 0 saturated heterocycles. The molecule has 0 atom stereocenters. The Labute approximate surface area is 128 Å². The summed E-state index contributed by atoms with van der Waals surface area (Å²) in [6.07, 6.45) is 1.04. The Balaban J connectivity index is 2.05. The van der Waals surface area contributed by atoms with Gasteiger partial charge in [0.15, 0.2) is 0 Å². The van der Waals surface area contributed by atoms with Crippen molar-refractivity contribution in [3.63, 3.8) is 0 Å². The molecule has 0 aliphatic heterocycles. The summed E-state index contributed by atoms with van der Waals surface area (Å²) >= 11 is 9.56. The summed E-state index contributed by atoms with van der Waals surface area (Å²) < 4.78 is 0. The van der Waals surface area contributed by atoms with Gasteiger partial charge in [-0.2, -0.15) is 0 Å². The molecule has 0 aliphatic carbocycles. The normalized spacial score (nSPS) is 10.5. The first-order chi connectivity index (χ1) is 9.20. The minimum atomic E-state index is 0.787. The molecule has 0 N–H and O–H groups in total. The molecule has 0 aromatic heterocycles. The summed E-state index contributed by atoms with van der Waals surface area (Å²) in [6.45, 7) is 0.992. The van der Waals surface area contributed by atoms with Crippen molar-refractivity contribution in [1.82, 2.24) is 0 Å². The van der Waals surface area contributed by atoms with Crippen LogP contribution in [0.2, 0.25) is 5.02 Å². The van der Waals surface area contributed by atoms with Crippen molar-refractivity contribution < 1.29 is 0 Å². The smallest absolute Gasteiger partial charge is 0.0410 e. The van der Waals surface area contributed by atoms with Gasteiger partial charge in [0.1, 0.15) is 0 Å². The largest absolute Gasteiger partial charge is 0.374 e. The van der Waals surface area contributed by atoms with E-state index in [0.717, 1.165) is 23.3 Å². The van der Waals surface area contributed by atoms with Crippen LogP contribution in [0, 0.1) is 0 Å². The summed E-state index contributed by atoms with van der Waals surface area (Å²) in [5, 5.41) is 1.60. The fourth-order valence-corrected chi connectivity index (χ4v) is 2.74. The lowest BCUT2D eigenvalue weighted by molar-refractivity contribution is 0.873. The molecule has 100 valence electrons. The van der Waals surface area contributed by atoms with E-state index in [2.05, 4.69) is 64.3 Å². The minimum absolute atomic E-state index is 0.787. The second-order valence-corrected chi connectivity index (χ2v) is 5.56. The molecular weight excluding hydrogens is 322 g/mol. The molecular formula is C16H17BrClN. The van der Waals surface area contributed by atoms with E-state index in [1.807, 2.05) is 12.1 Å². The Kier molecular flexibility index (Phi) is 5.29. The quantitative estimate of drug-likeness (QED) is 0.700. The van der Waals surface area contributed by atoms with E-state index in [1.165, 1.54) is 16.8 Å². The third-order valence-electron chi connectivity index (χ3n) is 3.18. The van der Waals surface area contributed by atoms with Crippen LogP contribution >= 0.6 is 27.5 Å². The van der Waals surface area contributed by atoms with Crippen LogP contribution in [0.1, 0.15) is 11.1 Å². The van der Waals surface area contributed by atoms with Crippen molar-refractivity contribution in [3.8, 4) is 0 Å². The van der Waals surface area contributed by atoms with Crippen LogP contribution in [-0.4, -0.2) is 13.6 Å². The van der Waals surface area contributed by atoms with Gasteiger partial charge < -0.3 is 4.90 Å². The number of alkyl halides is 1. The Hall–Kier alpha value is -0.990. The molecule has 0 aliphatic rings. The lowest BCUT2D eigenvalue weighted by Crippen LogP contribution is -2.21. The Morgan fingerprint density at radius 1 is 1.11 bits per heavy atom. The zero-order chi connectivity index (χ0) is 13.7. The van der Waals surface area contributed by atoms with Crippen LogP contribution in [0.25, 0.3) is 0 Å². The SMILES string of the molecule is CN(CCc1ccccc1)c1ccc(Cl)cc1CBr. The molecule has 0 fully saturated rings. The number of hydrogen-bond donors (Lipinski definition) is 0. The lowest BCUT2D eigenvalue weighted by atomic mass is 10.1. The molecule has 19 heavy (non-hydrogen) atoms. The molecule has 2 aromatic rings. The van der Waals surface area contributed by atoms with Crippen molar-refractivity contribution in [3.05, 3.63) is 64.7 Å². The number of benzene rings is 2. The van der Waals surface area contributed by atoms with E-state index >= 15 is 0 Å². The van der Waals surface area contributed by atoms with Gasteiger partial charge in [-0.15, -0.1) is 0 Å². The van der Waals surface area contributed by atoms with Gasteiger partial charge in [-0.25, -0.2) is 0 Å². The van der Waals surface area contributed by atoms with Crippen LogP contribution < -0.4 is 4.90 Å². The molecule has 0 bridgehead atoms. The fraction of sp³-hybridized carbons (Fsp3) is 0.250. The molecule has 0 unspecified atom stereocenters. The summed E-state index contributed by atoms with van der Waals surface area (Å²) in [5.74, 6) is 0. The van der Waals surface area contributed by atoms with E-state index in [1.54, 1.807) is 0 Å². The van der Waals surface area contributed by atoms with Crippen LogP contribution in [0.4, 0.5) is 5.69 Å². The zero-order valence-corrected chi connectivity index (χ0v) is 13.3. The minimum Gasteiger partial charge on any atom is -0.374 e. The number of halogens is 2. The molecule has 2 aromatic carbocycles. The average Bonchev–Trinajstić information content (AvgIpc) is 2.45.